The van der Waals surface area contributed by atoms with Crippen LogP contribution in [-0.4, -0.2) is 51.5 Å². The first-order chi connectivity index (χ1) is 10.6. The first-order valence-electron chi connectivity index (χ1n) is 8.16. The van der Waals surface area contributed by atoms with Crippen molar-refractivity contribution in [2.75, 3.05) is 0 Å². The quantitative estimate of drug-likeness (QED) is 0.486. The van der Waals surface area contributed by atoms with Crippen molar-refractivity contribution in [1.82, 2.24) is 0 Å². The Morgan fingerprint density at radius 1 is 1.35 bits per heavy atom. The Labute approximate surface area is 136 Å². The number of aliphatic hydroxyl groups excluding tert-OH is 3. The molecule has 0 aromatic carbocycles. The molecule has 3 aliphatic rings. The summed E-state index contributed by atoms with van der Waals surface area (Å²) in [6.07, 6.45) is -1.21. The lowest BCUT2D eigenvalue weighted by atomic mass is 9.47. The van der Waals surface area contributed by atoms with E-state index in [-0.39, 0.29) is 11.3 Å². The van der Waals surface area contributed by atoms with Crippen LogP contribution in [0.1, 0.15) is 40.5 Å². The lowest BCUT2D eigenvalue weighted by molar-refractivity contribution is -0.276. The van der Waals surface area contributed by atoms with E-state index in [9.17, 15) is 20.1 Å². The second kappa shape index (κ2) is 5.28. The van der Waals surface area contributed by atoms with Gasteiger partial charge in [0.15, 0.2) is 6.29 Å². The Morgan fingerprint density at radius 3 is 2.57 bits per heavy atom. The first kappa shape index (κ1) is 16.9. The molecule has 6 heteroatoms. The van der Waals surface area contributed by atoms with Gasteiger partial charge in [0, 0.05) is 25.2 Å². The van der Waals surface area contributed by atoms with Crippen molar-refractivity contribution in [1.29, 1.82) is 0 Å². The van der Waals surface area contributed by atoms with E-state index < -0.39 is 42.1 Å². The van der Waals surface area contributed by atoms with E-state index in [1.165, 1.54) is 6.92 Å². The summed E-state index contributed by atoms with van der Waals surface area (Å²) >= 11 is 0. The minimum Gasteiger partial charge on any atom is -0.459 e. The van der Waals surface area contributed by atoms with Crippen molar-refractivity contribution in [2.24, 2.45) is 17.3 Å². The van der Waals surface area contributed by atoms with Crippen LogP contribution in [0.5, 0.6) is 0 Å². The highest BCUT2D eigenvalue weighted by Gasteiger charge is 2.74. The summed E-state index contributed by atoms with van der Waals surface area (Å²) in [7, 11) is 0. The topological polar surface area (TPSA) is 96.2 Å². The van der Waals surface area contributed by atoms with E-state index in [0.717, 1.165) is 12.0 Å². The maximum Gasteiger partial charge on any atom is 0.303 e. The molecule has 1 heterocycles. The molecule has 23 heavy (non-hydrogen) atoms. The third-order valence-corrected chi connectivity index (χ3v) is 5.94. The Morgan fingerprint density at radius 2 is 2.00 bits per heavy atom. The van der Waals surface area contributed by atoms with Crippen LogP contribution in [-0.2, 0) is 14.3 Å². The van der Waals surface area contributed by atoms with Gasteiger partial charge in [0.2, 0.25) is 0 Å². The number of rotatable bonds is 1. The van der Waals surface area contributed by atoms with Gasteiger partial charge in [-0.05, 0) is 18.8 Å². The summed E-state index contributed by atoms with van der Waals surface area (Å²) in [6, 6.07) is 0. The fourth-order valence-electron chi connectivity index (χ4n) is 4.99. The average molecular weight is 326 g/mol. The van der Waals surface area contributed by atoms with Gasteiger partial charge in [-0.2, -0.15) is 0 Å². The second-order valence-electron chi connectivity index (χ2n) is 7.87. The molecular weight excluding hydrogens is 300 g/mol. The molecule has 6 nitrogen and oxygen atoms in total. The van der Waals surface area contributed by atoms with Gasteiger partial charge >= 0.3 is 5.97 Å². The van der Waals surface area contributed by atoms with Gasteiger partial charge in [-0.25, -0.2) is 0 Å². The summed E-state index contributed by atoms with van der Waals surface area (Å²) in [5.41, 5.74) is -0.324. The molecule has 0 radical (unpaired) electrons. The summed E-state index contributed by atoms with van der Waals surface area (Å²) in [4.78, 5) is 11.6. The largest absolute Gasteiger partial charge is 0.459 e. The van der Waals surface area contributed by atoms with Gasteiger partial charge < -0.3 is 24.8 Å². The van der Waals surface area contributed by atoms with Crippen LogP contribution in [0.3, 0.4) is 0 Å². The molecule has 3 rings (SSSR count). The zero-order chi connectivity index (χ0) is 17.2. The number of ether oxygens (including phenoxy) is 2. The minimum absolute atomic E-state index is 0.166. The fourth-order valence-corrected chi connectivity index (χ4v) is 4.99. The molecule has 1 saturated heterocycles. The third-order valence-electron chi connectivity index (χ3n) is 5.94. The van der Waals surface area contributed by atoms with E-state index in [4.69, 9.17) is 9.47 Å². The highest BCUT2D eigenvalue weighted by atomic mass is 16.7. The molecule has 2 fully saturated rings. The van der Waals surface area contributed by atoms with Gasteiger partial charge in [-0.3, -0.25) is 4.79 Å². The van der Waals surface area contributed by atoms with E-state index in [0.29, 0.717) is 6.42 Å². The first-order valence-corrected chi connectivity index (χ1v) is 8.16. The van der Waals surface area contributed by atoms with Crippen LogP contribution in [0.25, 0.3) is 0 Å². The number of hydrogen-bond acceptors (Lipinski definition) is 6. The second-order valence-corrected chi connectivity index (χ2v) is 7.87. The maximum atomic E-state index is 11.6. The minimum atomic E-state index is -1.18. The predicted octanol–water partition coefficient (Wildman–Crippen LogP) is 0.740. The van der Waals surface area contributed by atoms with Crippen molar-refractivity contribution >= 4 is 5.97 Å². The average Bonchev–Trinajstić information content (AvgIpc) is 2.66. The number of carbonyl (C=O) groups excluding carboxylic acids is 1. The molecule has 3 N–H and O–H groups in total. The fraction of sp³-hybridized carbons (Fsp3) is 0.824. The Balaban J connectivity index is 2.10. The highest BCUT2D eigenvalue weighted by molar-refractivity contribution is 5.66. The third kappa shape index (κ3) is 2.27. The molecule has 0 aromatic heterocycles. The van der Waals surface area contributed by atoms with Crippen LogP contribution in [0, 0.1) is 17.3 Å². The SMILES string of the molecule is CC(=O)O[C@H]1CC(C)=C[C@@H](O)[C@H](O)[C@H]2[C@H](O)O[C@]13[C@@H]2CC3(C)C. The van der Waals surface area contributed by atoms with Gasteiger partial charge in [0.25, 0.3) is 0 Å². The van der Waals surface area contributed by atoms with E-state index in [2.05, 4.69) is 0 Å². The van der Waals surface area contributed by atoms with Gasteiger partial charge in [-0.15, -0.1) is 0 Å². The zero-order valence-corrected chi connectivity index (χ0v) is 14.0. The summed E-state index contributed by atoms with van der Waals surface area (Å²) in [5.74, 6) is -1.17. The van der Waals surface area contributed by atoms with Crippen LogP contribution < -0.4 is 0 Å². The summed E-state index contributed by atoms with van der Waals surface area (Å²) in [6.45, 7) is 7.23. The molecule has 1 aliphatic heterocycles. The molecule has 2 bridgehead atoms. The zero-order valence-electron chi connectivity index (χ0n) is 14.0. The lowest BCUT2D eigenvalue weighted by Crippen LogP contribution is -2.68. The maximum absolute atomic E-state index is 11.6. The van der Waals surface area contributed by atoms with Gasteiger partial charge in [0.1, 0.15) is 11.7 Å². The molecule has 0 spiro atoms. The predicted molar refractivity (Wildman–Crippen MR) is 81.1 cm³/mol. The van der Waals surface area contributed by atoms with E-state index >= 15 is 0 Å². The number of esters is 1. The molecular formula is C17H26O6. The van der Waals surface area contributed by atoms with Crippen molar-refractivity contribution < 1.29 is 29.6 Å². The van der Waals surface area contributed by atoms with Crippen LogP contribution in [0.4, 0.5) is 0 Å². The molecule has 130 valence electrons. The standard InChI is InChI=1S/C17H26O6/c1-8-5-11(19)14(20)13-10-7-16(3,4)17(10,23-15(13)21)12(6-8)22-9(2)18/h5,10-15,19-21H,6-7H2,1-4H3/t10-,11-,12+,13+,14+,15-,17-/m1/s1. The lowest BCUT2D eigenvalue weighted by Gasteiger charge is -2.60. The van der Waals surface area contributed by atoms with Crippen molar-refractivity contribution in [2.45, 2.75) is 70.7 Å². The van der Waals surface area contributed by atoms with Crippen molar-refractivity contribution in [3.05, 3.63) is 11.6 Å². The Kier molecular flexibility index (Phi) is 3.87. The summed E-state index contributed by atoms with van der Waals surface area (Å²) < 4.78 is 11.5. The molecule has 7 atom stereocenters. The van der Waals surface area contributed by atoms with E-state index in [1.54, 1.807) is 6.08 Å². The Bertz CT molecular complexity index is 541. The van der Waals surface area contributed by atoms with Crippen molar-refractivity contribution in [3.63, 3.8) is 0 Å². The number of hydrogen-bond donors (Lipinski definition) is 3. The number of aliphatic hydroxyl groups is 3. The molecule has 2 aliphatic carbocycles. The van der Waals surface area contributed by atoms with E-state index in [1.807, 2.05) is 20.8 Å². The summed E-state index contributed by atoms with van der Waals surface area (Å²) in [5, 5.41) is 31.1. The van der Waals surface area contributed by atoms with Crippen LogP contribution >= 0.6 is 0 Å². The monoisotopic (exact) mass is 326 g/mol. The molecule has 0 unspecified atom stereocenters. The molecule has 0 aromatic rings. The highest BCUT2D eigenvalue weighted by Crippen LogP contribution is 2.67. The Hall–Kier alpha value is -0.950. The van der Waals surface area contributed by atoms with Crippen LogP contribution in [0.15, 0.2) is 11.6 Å². The molecule has 0 amide bonds. The molecule has 1 saturated carbocycles. The van der Waals surface area contributed by atoms with Crippen molar-refractivity contribution in [3.8, 4) is 0 Å². The van der Waals surface area contributed by atoms with Crippen LogP contribution in [0.2, 0.25) is 0 Å². The van der Waals surface area contributed by atoms with Gasteiger partial charge in [-0.1, -0.05) is 25.5 Å². The number of carbonyl (C=O) groups is 1. The van der Waals surface area contributed by atoms with Gasteiger partial charge in [0.05, 0.1) is 12.2 Å². The normalized spacial score (nSPS) is 48.2. The smallest absolute Gasteiger partial charge is 0.303 e.